The summed E-state index contributed by atoms with van der Waals surface area (Å²) >= 11 is 0. The minimum Gasteiger partial charge on any atom is -0.494 e. The Morgan fingerprint density at radius 2 is 1.65 bits per heavy atom. The van der Waals surface area contributed by atoms with E-state index in [2.05, 4.69) is 6.92 Å². The molecule has 0 unspecified atom stereocenters. The SMILES string of the molecule is CCCCCCCCOc1ccc2cc(-c3ccc(CCC)c(F)c3F)oc(=O)c2c1. The first-order valence-corrected chi connectivity index (χ1v) is 11.2. The molecule has 0 saturated carbocycles. The van der Waals surface area contributed by atoms with Crippen molar-refractivity contribution in [2.75, 3.05) is 6.61 Å². The van der Waals surface area contributed by atoms with Crippen LogP contribution in [0.25, 0.3) is 22.1 Å². The molecule has 0 radical (unpaired) electrons. The monoisotopic (exact) mass is 428 g/mol. The summed E-state index contributed by atoms with van der Waals surface area (Å²) < 4.78 is 40.0. The number of rotatable bonds is 11. The fourth-order valence-corrected chi connectivity index (χ4v) is 3.70. The lowest BCUT2D eigenvalue weighted by molar-refractivity contribution is 0.304. The molecule has 0 aliphatic rings. The van der Waals surface area contributed by atoms with E-state index in [9.17, 15) is 13.6 Å². The van der Waals surface area contributed by atoms with Crippen LogP contribution in [0.4, 0.5) is 8.78 Å². The van der Waals surface area contributed by atoms with E-state index < -0.39 is 17.3 Å². The molecular weight excluding hydrogens is 398 g/mol. The molecule has 0 bridgehead atoms. The Morgan fingerprint density at radius 1 is 0.871 bits per heavy atom. The molecule has 31 heavy (non-hydrogen) atoms. The van der Waals surface area contributed by atoms with E-state index in [1.54, 1.807) is 30.3 Å². The number of fused-ring (bicyclic) bond motifs is 1. The molecule has 0 spiro atoms. The van der Waals surface area contributed by atoms with E-state index in [0.29, 0.717) is 41.5 Å². The number of halogens is 2. The highest BCUT2D eigenvalue weighted by molar-refractivity contribution is 5.85. The second-order valence-corrected chi connectivity index (χ2v) is 7.91. The molecule has 1 aromatic heterocycles. The van der Waals surface area contributed by atoms with Gasteiger partial charge in [-0.15, -0.1) is 0 Å². The lowest BCUT2D eigenvalue weighted by atomic mass is 10.0. The highest BCUT2D eigenvalue weighted by Crippen LogP contribution is 2.29. The van der Waals surface area contributed by atoms with E-state index in [1.165, 1.54) is 31.7 Å². The number of benzene rings is 2. The van der Waals surface area contributed by atoms with Gasteiger partial charge < -0.3 is 9.15 Å². The van der Waals surface area contributed by atoms with Crippen LogP contribution in [0.15, 0.2) is 45.6 Å². The van der Waals surface area contributed by atoms with Gasteiger partial charge in [0.15, 0.2) is 11.6 Å². The molecule has 2 aromatic carbocycles. The van der Waals surface area contributed by atoms with Gasteiger partial charge in [-0.05, 0) is 48.1 Å². The zero-order valence-electron chi connectivity index (χ0n) is 18.3. The minimum atomic E-state index is -0.993. The Morgan fingerprint density at radius 3 is 2.42 bits per heavy atom. The van der Waals surface area contributed by atoms with Gasteiger partial charge in [0.25, 0.3) is 0 Å². The van der Waals surface area contributed by atoms with Crippen LogP contribution < -0.4 is 10.4 Å². The van der Waals surface area contributed by atoms with E-state index >= 15 is 0 Å². The molecule has 166 valence electrons. The van der Waals surface area contributed by atoms with Gasteiger partial charge in [0.05, 0.1) is 17.6 Å². The fraction of sp³-hybridized carbons (Fsp3) is 0.423. The Labute approximate surface area is 182 Å². The number of hydrogen-bond donors (Lipinski definition) is 0. The molecule has 3 rings (SSSR count). The first-order chi connectivity index (χ1) is 15.0. The predicted octanol–water partition coefficient (Wildman–Crippen LogP) is 7.43. The van der Waals surface area contributed by atoms with Crippen molar-refractivity contribution in [2.45, 2.75) is 65.2 Å². The van der Waals surface area contributed by atoms with Crippen LogP contribution in [0.1, 0.15) is 64.4 Å². The number of aryl methyl sites for hydroxylation is 1. The van der Waals surface area contributed by atoms with Crippen molar-refractivity contribution in [1.29, 1.82) is 0 Å². The summed E-state index contributed by atoms with van der Waals surface area (Å²) in [4.78, 5) is 12.5. The third kappa shape index (κ3) is 5.72. The molecule has 0 atom stereocenters. The predicted molar refractivity (Wildman–Crippen MR) is 121 cm³/mol. The van der Waals surface area contributed by atoms with Gasteiger partial charge in [0, 0.05) is 0 Å². The van der Waals surface area contributed by atoms with Crippen LogP contribution >= 0.6 is 0 Å². The van der Waals surface area contributed by atoms with Crippen molar-refractivity contribution in [1.82, 2.24) is 0 Å². The van der Waals surface area contributed by atoms with Crippen molar-refractivity contribution >= 4 is 10.8 Å². The normalized spacial score (nSPS) is 11.2. The maximum atomic E-state index is 14.6. The fourth-order valence-electron chi connectivity index (χ4n) is 3.70. The zero-order valence-corrected chi connectivity index (χ0v) is 18.3. The second-order valence-electron chi connectivity index (χ2n) is 7.91. The highest BCUT2D eigenvalue weighted by atomic mass is 19.2. The van der Waals surface area contributed by atoms with Crippen molar-refractivity contribution < 1.29 is 17.9 Å². The Bertz CT molecular complexity index is 1070. The third-order valence-corrected chi connectivity index (χ3v) is 5.45. The van der Waals surface area contributed by atoms with Gasteiger partial charge in [-0.2, -0.15) is 0 Å². The Hall–Kier alpha value is -2.69. The molecule has 0 aliphatic heterocycles. The highest BCUT2D eigenvalue weighted by Gasteiger charge is 2.17. The third-order valence-electron chi connectivity index (χ3n) is 5.45. The molecule has 3 nitrogen and oxygen atoms in total. The maximum absolute atomic E-state index is 14.6. The largest absolute Gasteiger partial charge is 0.494 e. The van der Waals surface area contributed by atoms with Gasteiger partial charge in [-0.1, -0.05) is 64.5 Å². The molecular formula is C26H30F2O3. The summed E-state index contributed by atoms with van der Waals surface area (Å²) in [6.45, 7) is 4.69. The lowest BCUT2D eigenvalue weighted by Gasteiger charge is -2.09. The lowest BCUT2D eigenvalue weighted by Crippen LogP contribution is -2.04. The van der Waals surface area contributed by atoms with Crippen LogP contribution in [0.5, 0.6) is 5.75 Å². The van der Waals surface area contributed by atoms with Crippen molar-refractivity contribution in [3.05, 3.63) is 64.0 Å². The standard InChI is InChI=1S/C26H30F2O3/c1-3-5-6-7-8-9-15-30-20-13-11-19-16-23(31-26(29)22(19)17-20)21-14-12-18(10-4-2)24(27)25(21)28/h11-14,16-17H,3-10,15H2,1-2H3. The van der Waals surface area contributed by atoms with Gasteiger partial charge >= 0.3 is 5.63 Å². The molecule has 0 N–H and O–H groups in total. The number of hydrogen-bond acceptors (Lipinski definition) is 3. The van der Waals surface area contributed by atoms with Gasteiger partial charge in [-0.3, -0.25) is 0 Å². The van der Waals surface area contributed by atoms with Crippen molar-refractivity contribution in [3.8, 4) is 17.1 Å². The Kier molecular flexibility index (Phi) is 8.21. The second kappa shape index (κ2) is 11.1. The molecule has 1 heterocycles. The average Bonchev–Trinajstić information content (AvgIpc) is 2.77. The summed E-state index contributed by atoms with van der Waals surface area (Å²) in [6.07, 6.45) is 8.20. The molecule has 0 aliphatic carbocycles. The molecule has 5 heteroatoms. The van der Waals surface area contributed by atoms with E-state index in [-0.39, 0.29) is 11.3 Å². The Balaban J connectivity index is 1.75. The van der Waals surface area contributed by atoms with E-state index in [4.69, 9.17) is 9.15 Å². The van der Waals surface area contributed by atoms with Crippen molar-refractivity contribution in [3.63, 3.8) is 0 Å². The molecule has 0 fully saturated rings. The minimum absolute atomic E-state index is 0.0118. The van der Waals surface area contributed by atoms with Crippen molar-refractivity contribution in [2.24, 2.45) is 0 Å². The maximum Gasteiger partial charge on any atom is 0.344 e. The zero-order chi connectivity index (χ0) is 22.2. The number of unbranched alkanes of at least 4 members (excludes halogenated alkanes) is 5. The van der Waals surface area contributed by atoms with E-state index in [1.807, 2.05) is 6.92 Å². The first-order valence-electron chi connectivity index (χ1n) is 11.2. The van der Waals surface area contributed by atoms with Gasteiger partial charge in [0.2, 0.25) is 0 Å². The summed E-state index contributed by atoms with van der Waals surface area (Å²) in [5.41, 5.74) is -0.339. The van der Waals surface area contributed by atoms with E-state index in [0.717, 1.165) is 12.8 Å². The summed E-state index contributed by atoms with van der Waals surface area (Å²) in [5.74, 6) is -1.27. The van der Waals surface area contributed by atoms with Crippen LogP contribution in [0, 0.1) is 11.6 Å². The van der Waals surface area contributed by atoms with Crippen LogP contribution in [-0.2, 0) is 6.42 Å². The van der Waals surface area contributed by atoms with Crippen LogP contribution in [0.2, 0.25) is 0 Å². The molecule has 3 aromatic rings. The van der Waals surface area contributed by atoms with Crippen LogP contribution in [-0.4, -0.2) is 6.61 Å². The smallest absolute Gasteiger partial charge is 0.344 e. The number of ether oxygens (including phenoxy) is 1. The summed E-state index contributed by atoms with van der Waals surface area (Å²) in [7, 11) is 0. The van der Waals surface area contributed by atoms with Gasteiger partial charge in [-0.25, -0.2) is 13.6 Å². The topological polar surface area (TPSA) is 39.4 Å². The average molecular weight is 429 g/mol. The molecule has 0 saturated heterocycles. The van der Waals surface area contributed by atoms with Crippen LogP contribution in [0.3, 0.4) is 0 Å². The first kappa shape index (κ1) is 23.0. The van der Waals surface area contributed by atoms with Gasteiger partial charge in [0.1, 0.15) is 11.5 Å². The summed E-state index contributed by atoms with van der Waals surface area (Å²) in [5, 5.41) is 0.947. The summed E-state index contributed by atoms with van der Waals surface area (Å²) in [6, 6.07) is 9.73. The quantitative estimate of drug-likeness (QED) is 0.298. The molecule has 0 amide bonds.